The molecule has 4 aromatic rings. The summed E-state index contributed by atoms with van der Waals surface area (Å²) < 4.78 is 0. The summed E-state index contributed by atoms with van der Waals surface area (Å²) in [6, 6.07) is 24.8. The van der Waals surface area contributed by atoms with Gasteiger partial charge in [-0.15, -0.1) is 0 Å². The summed E-state index contributed by atoms with van der Waals surface area (Å²) in [6.07, 6.45) is 2.89. The summed E-state index contributed by atoms with van der Waals surface area (Å²) in [5, 5.41) is 12.5. The first-order chi connectivity index (χ1) is 14.7. The Morgan fingerprint density at radius 1 is 1.03 bits per heavy atom. The number of aromatic nitrogens is 1. The zero-order valence-corrected chi connectivity index (χ0v) is 16.6. The number of fused-ring (bicyclic) bond motifs is 2. The zero-order valence-electron chi connectivity index (χ0n) is 16.6. The summed E-state index contributed by atoms with van der Waals surface area (Å²) in [4.78, 5) is 16.9. The predicted octanol–water partition coefficient (Wildman–Crippen LogP) is 5.14. The minimum absolute atomic E-state index is 0.117. The van der Waals surface area contributed by atoms with E-state index in [0.717, 1.165) is 41.5 Å². The Bertz CT molecular complexity index is 1200. The second-order valence-corrected chi connectivity index (χ2v) is 7.90. The highest BCUT2D eigenvalue weighted by molar-refractivity contribution is 5.84. The van der Waals surface area contributed by atoms with E-state index in [1.807, 2.05) is 36.5 Å². The minimum Gasteiger partial charge on any atom is -0.367 e. The molecule has 5 rings (SSSR count). The van der Waals surface area contributed by atoms with Crippen molar-refractivity contribution in [3.8, 4) is 0 Å². The number of nitrogens with zero attached hydrogens (tertiary/aromatic N) is 2. The average molecular weight is 397 g/mol. The molecule has 2 heterocycles. The number of anilines is 1. The lowest BCUT2D eigenvalue weighted by atomic mass is 9.89. The van der Waals surface area contributed by atoms with Crippen LogP contribution in [0, 0.1) is 10.1 Å². The van der Waals surface area contributed by atoms with Gasteiger partial charge in [0.2, 0.25) is 6.54 Å². The van der Waals surface area contributed by atoms with Crippen LogP contribution in [0.15, 0.2) is 79.0 Å². The molecule has 150 valence electrons. The third-order valence-corrected chi connectivity index (χ3v) is 6.04. The van der Waals surface area contributed by atoms with Gasteiger partial charge in [0.1, 0.15) is 0 Å². The number of hydrogen-bond acceptors (Lipinski definition) is 3. The molecule has 0 bridgehead atoms. The monoisotopic (exact) mass is 397 g/mol. The van der Waals surface area contributed by atoms with Crippen LogP contribution in [-0.2, 0) is 13.0 Å². The molecular formula is C25H23N3O2. The van der Waals surface area contributed by atoms with Gasteiger partial charge in [-0.3, -0.25) is 10.1 Å². The third kappa shape index (κ3) is 3.43. The minimum atomic E-state index is -0.273. The van der Waals surface area contributed by atoms with Crippen molar-refractivity contribution >= 4 is 16.6 Å². The topological polar surface area (TPSA) is 62.2 Å². The molecule has 0 saturated carbocycles. The lowest BCUT2D eigenvalue weighted by Gasteiger charge is -2.20. The van der Waals surface area contributed by atoms with Crippen molar-refractivity contribution in [2.45, 2.75) is 18.9 Å². The van der Waals surface area contributed by atoms with Crippen LogP contribution in [-0.4, -0.2) is 23.0 Å². The average Bonchev–Trinajstić information content (AvgIpc) is 3.37. The Hall–Kier alpha value is -3.60. The molecule has 30 heavy (non-hydrogen) atoms. The van der Waals surface area contributed by atoms with E-state index in [9.17, 15) is 10.1 Å². The van der Waals surface area contributed by atoms with Gasteiger partial charge >= 0.3 is 0 Å². The Kier molecular flexibility index (Phi) is 4.71. The Morgan fingerprint density at radius 3 is 2.67 bits per heavy atom. The van der Waals surface area contributed by atoms with Gasteiger partial charge in [-0.1, -0.05) is 60.7 Å². The zero-order chi connectivity index (χ0) is 20.5. The number of nitrogens with one attached hydrogen (secondary N) is 1. The number of para-hydroxylation sites is 1. The molecular weight excluding hydrogens is 374 g/mol. The molecule has 5 nitrogen and oxygen atoms in total. The van der Waals surface area contributed by atoms with Crippen LogP contribution < -0.4 is 4.90 Å². The summed E-state index contributed by atoms with van der Waals surface area (Å²) in [7, 11) is 0. The molecule has 0 amide bonds. The van der Waals surface area contributed by atoms with Gasteiger partial charge < -0.3 is 9.88 Å². The van der Waals surface area contributed by atoms with Crippen molar-refractivity contribution in [3.63, 3.8) is 0 Å². The first kappa shape index (κ1) is 18.4. The molecule has 1 aliphatic rings. The highest BCUT2D eigenvalue weighted by Gasteiger charge is 2.26. The lowest BCUT2D eigenvalue weighted by Crippen LogP contribution is -2.19. The van der Waals surface area contributed by atoms with Gasteiger partial charge in [-0.2, -0.15) is 0 Å². The molecule has 5 heteroatoms. The third-order valence-electron chi connectivity index (χ3n) is 6.04. The molecule has 1 aliphatic heterocycles. The molecule has 1 N–H and O–H groups in total. The van der Waals surface area contributed by atoms with Gasteiger partial charge in [0, 0.05) is 40.8 Å². The quantitative estimate of drug-likeness (QED) is 0.362. The van der Waals surface area contributed by atoms with E-state index in [1.165, 1.54) is 16.8 Å². The normalized spacial score (nSPS) is 14.1. The first-order valence-corrected chi connectivity index (χ1v) is 10.3. The summed E-state index contributed by atoms with van der Waals surface area (Å²) in [6.45, 7) is 1.74. The van der Waals surface area contributed by atoms with E-state index in [1.54, 1.807) is 0 Å². The maximum absolute atomic E-state index is 11.5. The second kappa shape index (κ2) is 7.67. The lowest BCUT2D eigenvalue weighted by molar-refractivity contribution is -0.481. The van der Waals surface area contributed by atoms with Crippen LogP contribution in [0.25, 0.3) is 10.9 Å². The Labute approximate surface area is 175 Å². The fraction of sp³-hybridized carbons (Fsp3) is 0.200. The van der Waals surface area contributed by atoms with Crippen LogP contribution in [0.3, 0.4) is 0 Å². The van der Waals surface area contributed by atoms with E-state index in [2.05, 4.69) is 52.3 Å². The largest absolute Gasteiger partial charge is 0.367 e. The van der Waals surface area contributed by atoms with E-state index in [-0.39, 0.29) is 17.4 Å². The second-order valence-electron chi connectivity index (χ2n) is 7.90. The van der Waals surface area contributed by atoms with E-state index in [0.29, 0.717) is 0 Å². The SMILES string of the molecule is O=[N+]([O-])CC(c1ccc2c(c1)CCN2Cc1ccccc1)c1c[nH]c2ccccc12. The molecule has 0 saturated heterocycles. The standard InChI is InChI=1S/C25H23N3O2/c29-28(30)17-23(22-15-26-24-9-5-4-8-21(22)24)19-10-11-25-20(14-19)12-13-27(25)16-18-6-2-1-3-7-18/h1-11,14-15,23,26H,12-13,16-17H2. The molecule has 1 unspecified atom stereocenters. The number of aromatic amines is 1. The number of nitro groups is 1. The van der Waals surface area contributed by atoms with Crippen LogP contribution in [0.1, 0.15) is 28.2 Å². The highest BCUT2D eigenvalue weighted by Crippen LogP contribution is 2.36. The summed E-state index contributed by atoms with van der Waals surface area (Å²) >= 11 is 0. The predicted molar refractivity (Wildman–Crippen MR) is 120 cm³/mol. The fourth-order valence-corrected chi connectivity index (χ4v) is 4.59. The number of rotatable bonds is 6. The van der Waals surface area contributed by atoms with Crippen molar-refractivity contribution in [1.82, 2.24) is 4.98 Å². The van der Waals surface area contributed by atoms with Gasteiger partial charge in [0.15, 0.2) is 0 Å². The maximum atomic E-state index is 11.5. The van der Waals surface area contributed by atoms with Crippen molar-refractivity contribution in [2.24, 2.45) is 0 Å². The van der Waals surface area contributed by atoms with Crippen molar-refractivity contribution in [3.05, 3.63) is 111 Å². The first-order valence-electron chi connectivity index (χ1n) is 10.3. The van der Waals surface area contributed by atoms with Gasteiger partial charge in [0.05, 0.1) is 5.92 Å². The van der Waals surface area contributed by atoms with Gasteiger partial charge in [-0.05, 0) is 40.8 Å². The fourth-order valence-electron chi connectivity index (χ4n) is 4.59. The summed E-state index contributed by atoms with van der Waals surface area (Å²) in [5.74, 6) is -0.273. The van der Waals surface area contributed by atoms with Crippen LogP contribution in [0.2, 0.25) is 0 Å². The molecule has 1 atom stereocenters. The van der Waals surface area contributed by atoms with Crippen molar-refractivity contribution < 1.29 is 4.92 Å². The van der Waals surface area contributed by atoms with Crippen LogP contribution in [0.5, 0.6) is 0 Å². The van der Waals surface area contributed by atoms with Crippen molar-refractivity contribution in [1.29, 1.82) is 0 Å². The molecule has 1 aromatic heterocycles. The number of H-pyrrole nitrogens is 1. The van der Waals surface area contributed by atoms with Gasteiger partial charge in [0.25, 0.3) is 0 Å². The maximum Gasteiger partial charge on any atom is 0.214 e. The molecule has 0 aliphatic carbocycles. The Morgan fingerprint density at radius 2 is 1.83 bits per heavy atom. The number of hydrogen-bond donors (Lipinski definition) is 1. The number of benzene rings is 3. The highest BCUT2D eigenvalue weighted by atomic mass is 16.6. The van der Waals surface area contributed by atoms with Gasteiger partial charge in [-0.25, -0.2) is 0 Å². The van der Waals surface area contributed by atoms with E-state index in [4.69, 9.17) is 0 Å². The van der Waals surface area contributed by atoms with Crippen LogP contribution >= 0.6 is 0 Å². The molecule has 0 radical (unpaired) electrons. The van der Waals surface area contributed by atoms with E-state index >= 15 is 0 Å². The van der Waals surface area contributed by atoms with Crippen LogP contribution in [0.4, 0.5) is 5.69 Å². The Balaban J connectivity index is 1.48. The summed E-state index contributed by atoms with van der Waals surface area (Å²) in [5.41, 5.74) is 6.81. The van der Waals surface area contributed by atoms with E-state index < -0.39 is 0 Å². The van der Waals surface area contributed by atoms with Crippen molar-refractivity contribution in [2.75, 3.05) is 18.0 Å². The molecule has 0 fully saturated rings. The molecule has 0 spiro atoms. The smallest absolute Gasteiger partial charge is 0.214 e. The molecule has 3 aromatic carbocycles.